The molecule has 0 heterocycles. The van der Waals surface area contributed by atoms with Gasteiger partial charge in [-0.15, -0.1) is 0 Å². The van der Waals surface area contributed by atoms with Gasteiger partial charge in [-0.3, -0.25) is 13.9 Å². The smallest absolute Gasteiger partial charge is 0.244 e. The van der Waals surface area contributed by atoms with Crippen molar-refractivity contribution in [2.24, 2.45) is 0 Å². The van der Waals surface area contributed by atoms with Crippen LogP contribution in [0.2, 0.25) is 0 Å². The third-order valence-electron chi connectivity index (χ3n) is 4.78. The molecule has 0 spiro atoms. The summed E-state index contributed by atoms with van der Waals surface area (Å²) < 4.78 is 44.5. The molecule has 0 aliphatic heterocycles. The Morgan fingerprint density at radius 3 is 2.44 bits per heavy atom. The minimum absolute atomic E-state index is 0.0212. The number of carbonyl (C=O) groups excluding carboxylic acids is 2. The van der Waals surface area contributed by atoms with Crippen LogP contribution in [0.3, 0.4) is 0 Å². The molecule has 0 saturated carbocycles. The summed E-state index contributed by atoms with van der Waals surface area (Å²) in [6.07, 6.45) is 0.935. The molecule has 2 aromatic rings. The largest absolute Gasteiger partial charge is 0.497 e. The van der Waals surface area contributed by atoms with Crippen molar-refractivity contribution < 1.29 is 27.1 Å². The molecule has 2 rings (SSSR count). The Kier molecular flexibility index (Phi) is 8.59. The zero-order chi connectivity index (χ0) is 23.9. The van der Waals surface area contributed by atoms with E-state index < -0.39 is 34.3 Å². The van der Waals surface area contributed by atoms with Crippen LogP contribution in [-0.2, 0) is 26.2 Å². The van der Waals surface area contributed by atoms with Gasteiger partial charge in [-0.2, -0.15) is 0 Å². The fraction of sp³-hybridized carbons (Fsp3) is 0.364. The SMILES string of the molecule is CCNC(=O)[C@H](C)N(Cc1cccc(OC)c1)C(=O)CN(c1cccc(F)c1)S(C)(=O)=O. The second-order valence-electron chi connectivity index (χ2n) is 7.19. The molecule has 0 aliphatic rings. The molecular formula is C22H28FN3O5S. The van der Waals surface area contributed by atoms with Crippen molar-refractivity contribution in [2.45, 2.75) is 26.4 Å². The molecule has 32 heavy (non-hydrogen) atoms. The number of anilines is 1. The van der Waals surface area contributed by atoms with Gasteiger partial charge in [0.25, 0.3) is 0 Å². The van der Waals surface area contributed by atoms with Gasteiger partial charge in [0.2, 0.25) is 21.8 Å². The number of hydrogen-bond donors (Lipinski definition) is 1. The Morgan fingerprint density at radius 1 is 1.16 bits per heavy atom. The molecule has 0 bridgehead atoms. The third-order valence-corrected chi connectivity index (χ3v) is 5.92. The molecule has 0 aliphatic carbocycles. The summed E-state index contributed by atoms with van der Waals surface area (Å²) in [4.78, 5) is 27.1. The lowest BCUT2D eigenvalue weighted by Crippen LogP contribution is -2.51. The van der Waals surface area contributed by atoms with E-state index in [1.807, 2.05) is 0 Å². The number of sulfonamides is 1. The van der Waals surface area contributed by atoms with Crippen LogP contribution in [-0.4, -0.2) is 57.6 Å². The van der Waals surface area contributed by atoms with Gasteiger partial charge in [0, 0.05) is 13.1 Å². The van der Waals surface area contributed by atoms with Crippen LogP contribution in [0, 0.1) is 5.82 Å². The Hall–Kier alpha value is -3.14. The van der Waals surface area contributed by atoms with Crippen molar-refractivity contribution in [3.05, 3.63) is 59.9 Å². The number of halogens is 1. The third kappa shape index (κ3) is 6.68. The molecule has 174 valence electrons. The van der Waals surface area contributed by atoms with E-state index in [1.165, 1.54) is 30.2 Å². The van der Waals surface area contributed by atoms with Gasteiger partial charge in [0.15, 0.2) is 0 Å². The van der Waals surface area contributed by atoms with Crippen molar-refractivity contribution in [2.75, 3.05) is 30.8 Å². The van der Waals surface area contributed by atoms with Crippen LogP contribution in [0.5, 0.6) is 5.75 Å². The van der Waals surface area contributed by atoms with E-state index in [9.17, 15) is 22.4 Å². The van der Waals surface area contributed by atoms with Gasteiger partial charge in [-0.1, -0.05) is 18.2 Å². The Bertz CT molecular complexity index is 1060. The maximum atomic E-state index is 13.7. The lowest BCUT2D eigenvalue weighted by Gasteiger charge is -2.31. The van der Waals surface area contributed by atoms with Crippen LogP contribution < -0.4 is 14.4 Å². The average molecular weight is 466 g/mol. The lowest BCUT2D eigenvalue weighted by atomic mass is 10.1. The van der Waals surface area contributed by atoms with Gasteiger partial charge in [-0.25, -0.2) is 12.8 Å². The summed E-state index contributed by atoms with van der Waals surface area (Å²) in [5.41, 5.74) is 0.721. The van der Waals surface area contributed by atoms with Crippen molar-refractivity contribution in [3.63, 3.8) is 0 Å². The number of benzene rings is 2. The molecule has 0 saturated heterocycles. The zero-order valence-corrected chi connectivity index (χ0v) is 19.4. The first-order valence-electron chi connectivity index (χ1n) is 10.00. The zero-order valence-electron chi connectivity index (χ0n) is 18.5. The topological polar surface area (TPSA) is 96.0 Å². The van der Waals surface area contributed by atoms with E-state index in [4.69, 9.17) is 4.74 Å². The first-order valence-corrected chi connectivity index (χ1v) is 11.8. The summed E-state index contributed by atoms with van der Waals surface area (Å²) >= 11 is 0. The van der Waals surface area contributed by atoms with Crippen molar-refractivity contribution in [3.8, 4) is 5.75 Å². The predicted octanol–water partition coefficient (Wildman–Crippen LogP) is 2.15. The summed E-state index contributed by atoms with van der Waals surface area (Å²) in [5, 5.41) is 2.67. The highest BCUT2D eigenvalue weighted by Crippen LogP contribution is 2.21. The highest BCUT2D eigenvalue weighted by Gasteiger charge is 2.30. The monoisotopic (exact) mass is 465 g/mol. The van der Waals surface area contributed by atoms with Crippen LogP contribution in [0.4, 0.5) is 10.1 Å². The molecule has 8 nitrogen and oxygen atoms in total. The first-order chi connectivity index (χ1) is 15.1. The van der Waals surface area contributed by atoms with Gasteiger partial charge < -0.3 is 15.0 Å². The number of amides is 2. The Labute approximate surface area is 188 Å². The normalized spacial score (nSPS) is 12.0. The second-order valence-corrected chi connectivity index (χ2v) is 9.10. The first kappa shape index (κ1) is 25.1. The van der Waals surface area contributed by atoms with E-state index >= 15 is 0 Å². The fourth-order valence-electron chi connectivity index (χ4n) is 3.12. The number of nitrogens with zero attached hydrogens (tertiary/aromatic N) is 2. The Morgan fingerprint density at radius 2 is 1.84 bits per heavy atom. The molecule has 1 N–H and O–H groups in total. The van der Waals surface area contributed by atoms with E-state index in [2.05, 4.69) is 5.32 Å². The average Bonchev–Trinajstić information content (AvgIpc) is 2.74. The van der Waals surface area contributed by atoms with Crippen LogP contribution >= 0.6 is 0 Å². The Balaban J connectivity index is 2.39. The quantitative estimate of drug-likeness (QED) is 0.580. The van der Waals surface area contributed by atoms with Crippen LogP contribution in [0.15, 0.2) is 48.5 Å². The molecule has 2 aromatic carbocycles. The van der Waals surface area contributed by atoms with Crippen molar-refractivity contribution >= 4 is 27.5 Å². The number of carbonyl (C=O) groups is 2. The molecule has 2 amide bonds. The number of hydrogen-bond acceptors (Lipinski definition) is 5. The fourth-order valence-corrected chi connectivity index (χ4v) is 3.96. The predicted molar refractivity (Wildman–Crippen MR) is 120 cm³/mol. The number of rotatable bonds is 10. The van der Waals surface area contributed by atoms with Gasteiger partial charge in [0.1, 0.15) is 24.2 Å². The summed E-state index contributed by atoms with van der Waals surface area (Å²) in [6, 6.07) is 11.1. The summed E-state index contributed by atoms with van der Waals surface area (Å²) in [5.74, 6) is -1.03. The summed E-state index contributed by atoms with van der Waals surface area (Å²) in [6.45, 7) is 3.17. The van der Waals surface area contributed by atoms with Crippen molar-refractivity contribution in [1.82, 2.24) is 10.2 Å². The highest BCUT2D eigenvalue weighted by atomic mass is 32.2. The minimum atomic E-state index is -3.90. The van der Waals surface area contributed by atoms with Gasteiger partial charge in [-0.05, 0) is 49.7 Å². The lowest BCUT2D eigenvalue weighted by molar-refractivity contribution is -0.139. The van der Waals surface area contributed by atoms with Crippen molar-refractivity contribution in [1.29, 1.82) is 0 Å². The van der Waals surface area contributed by atoms with Gasteiger partial charge in [0.05, 0.1) is 19.1 Å². The van der Waals surface area contributed by atoms with Gasteiger partial charge >= 0.3 is 0 Å². The standard InChI is InChI=1S/C22H28FN3O5S/c1-5-24-22(28)16(2)25(14-17-8-6-11-20(12-17)31-3)21(27)15-26(32(4,29)30)19-10-7-9-18(23)13-19/h6-13,16H,5,14-15H2,1-4H3,(H,24,28)/t16-/m0/s1. The van der Waals surface area contributed by atoms with E-state index in [-0.39, 0.29) is 18.1 Å². The number of nitrogens with one attached hydrogen (secondary N) is 1. The maximum absolute atomic E-state index is 13.7. The van der Waals surface area contributed by atoms with E-state index in [1.54, 1.807) is 38.1 Å². The molecular weight excluding hydrogens is 437 g/mol. The van der Waals surface area contributed by atoms with Crippen LogP contribution in [0.1, 0.15) is 19.4 Å². The second kappa shape index (κ2) is 10.9. The molecule has 1 atom stereocenters. The maximum Gasteiger partial charge on any atom is 0.244 e. The highest BCUT2D eigenvalue weighted by molar-refractivity contribution is 7.92. The number of methoxy groups -OCH3 is 1. The van der Waals surface area contributed by atoms with Crippen LogP contribution in [0.25, 0.3) is 0 Å². The molecule has 0 aromatic heterocycles. The molecule has 0 unspecified atom stereocenters. The molecule has 0 radical (unpaired) electrons. The van der Waals surface area contributed by atoms with E-state index in [0.717, 1.165) is 16.6 Å². The minimum Gasteiger partial charge on any atom is -0.497 e. The molecule has 10 heteroatoms. The number of ether oxygens (including phenoxy) is 1. The number of likely N-dealkylation sites (N-methyl/N-ethyl adjacent to an activating group) is 1. The van der Waals surface area contributed by atoms with E-state index in [0.29, 0.717) is 17.9 Å². The summed E-state index contributed by atoms with van der Waals surface area (Å²) in [7, 11) is -2.39. The molecule has 0 fully saturated rings.